The standard InChI is InChI=1S/C21H25ClN4O3/c1-29-18-5-2-15(3-6-18)14-26-10-8-17(9-11-26)24-21-19(22)12-16(13-23-21)4-7-20(27)25-28/h2-7,12-13,17,28H,8-11,14H2,1H3,(H,23,24)(H,25,27)/b7-4+. The van der Waals surface area contributed by atoms with Crippen LogP contribution in [0.15, 0.2) is 42.6 Å². The Morgan fingerprint density at radius 2 is 2.07 bits per heavy atom. The van der Waals surface area contributed by atoms with Crippen LogP contribution < -0.4 is 15.5 Å². The van der Waals surface area contributed by atoms with Gasteiger partial charge in [-0.2, -0.15) is 0 Å². The van der Waals surface area contributed by atoms with Gasteiger partial charge in [-0.05, 0) is 48.2 Å². The molecule has 0 radical (unpaired) electrons. The lowest BCUT2D eigenvalue weighted by molar-refractivity contribution is -0.124. The summed E-state index contributed by atoms with van der Waals surface area (Å²) in [5.41, 5.74) is 3.50. The number of carbonyl (C=O) groups excluding carboxylic acids is 1. The molecule has 0 unspecified atom stereocenters. The minimum absolute atomic E-state index is 0.314. The van der Waals surface area contributed by atoms with Crippen molar-refractivity contribution in [1.82, 2.24) is 15.4 Å². The Hall–Kier alpha value is -2.61. The lowest BCUT2D eigenvalue weighted by Crippen LogP contribution is -2.38. The average molecular weight is 417 g/mol. The zero-order chi connectivity index (χ0) is 20.6. The molecule has 3 rings (SSSR count). The van der Waals surface area contributed by atoms with Gasteiger partial charge in [0.1, 0.15) is 11.6 Å². The molecular weight excluding hydrogens is 392 g/mol. The lowest BCUT2D eigenvalue weighted by atomic mass is 10.0. The third-order valence-corrected chi connectivity index (χ3v) is 5.18. The molecular formula is C21H25ClN4O3. The van der Waals surface area contributed by atoms with Crippen LogP contribution >= 0.6 is 11.6 Å². The molecule has 1 aromatic heterocycles. The van der Waals surface area contributed by atoms with Gasteiger partial charge in [-0.1, -0.05) is 23.7 Å². The van der Waals surface area contributed by atoms with E-state index in [9.17, 15) is 4.79 Å². The van der Waals surface area contributed by atoms with Crippen LogP contribution in [0.1, 0.15) is 24.0 Å². The number of halogens is 1. The fourth-order valence-electron chi connectivity index (χ4n) is 3.28. The number of hydrogen-bond acceptors (Lipinski definition) is 6. The van der Waals surface area contributed by atoms with Crippen molar-refractivity contribution in [2.45, 2.75) is 25.4 Å². The quantitative estimate of drug-likeness (QED) is 0.364. The van der Waals surface area contributed by atoms with Gasteiger partial charge in [0.2, 0.25) is 0 Å². The Labute approximate surface area is 175 Å². The van der Waals surface area contributed by atoms with Gasteiger partial charge in [0, 0.05) is 37.9 Å². The van der Waals surface area contributed by atoms with Crippen molar-refractivity contribution in [3.63, 3.8) is 0 Å². The molecule has 1 aliphatic rings. The van der Waals surface area contributed by atoms with Crippen LogP contribution in [-0.2, 0) is 11.3 Å². The fraction of sp³-hybridized carbons (Fsp3) is 0.333. The largest absolute Gasteiger partial charge is 0.497 e. The smallest absolute Gasteiger partial charge is 0.267 e. The number of hydrogen-bond donors (Lipinski definition) is 3. The number of nitrogens with zero attached hydrogens (tertiary/aromatic N) is 2. The molecule has 1 aliphatic heterocycles. The Kier molecular flexibility index (Phi) is 7.46. The maximum atomic E-state index is 11.0. The van der Waals surface area contributed by atoms with Crippen molar-refractivity contribution in [3.05, 3.63) is 58.8 Å². The van der Waals surface area contributed by atoms with E-state index < -0.39 is 5.91 Å². The first-order valence-corrected chi connectivity index (χ1v) is 9.84. The molecule has 0 aliphatic carbocycles. The predicted octanol–water partition coefficient (Wildman–Crippen LogP) is 3.34. The SMILES string of the molecule is COc1ccc(CN2CCC(Nc3ncc(/C=C/C(=O)NO)cc3Cl)CC2)cc1. The topological polar surface area (TPSA) is 86.7 Å². The first kappa shape index (κ1) is 21.1. The van der Waals surface area contributed by atoms with Crippen LogP contribution in [-0.4, -0.2) is 47.2 Å². The number of piperidine rings is 1. The number of aromatic nitrogens is 1. The van der Waals surface area contributed by atoms with Gasteiger partial charge >= 0.3 is 0 Å². The summed E-state index contributed by atoms with van der Waals surface area (Å²) in [5.74, 6) is 0.910. The summed E-state index contributed by atoms with van der Waals surface area (Å²) in [7, 11) is 1.67. The first-order valence-electron chi connectivity index (χ1n) is 9.47. The summed E-state index contributed by atoms with van der Waals surface area (Å²) >= 11 is 6.33. The summed E-state index contributed by atoms with van der Waals surface area (Å²) in [6.45, 7) is 2.93. The minimum atomic E-state index is -0.607. The van der Waals surface area contributed by atoms with Crippen molar-refractivity contribution < 1.29 is 14.7 Å². The minimum Gasteiger partial charge on any atom is -0.497 e. The van der Waals surface area contributed by atoms with Gasteiger partial charge in [-0.25, -0.2) is 10.5 Å². The van der Waals surface area contributed by atoms with Crippen LogP contribution in [0.5, 0.6) is 5.75 Å². The zero-order valence-corrected chi connectivity index (χ0v) is 17.0. The van der Waals surface area contributed by atoms with Crippen molar-refractivity contribution in [3.8, 4) is 5.75 Å². The predicted molar refractivity (Wildman–Crippen MR) is 113 cm³/mol. The Bertz CT molecular complexity index is 850. The molecule has 2 aromatic rings. The van der Waals surface area contributed by atoms with Crippen molar-refractivity contribution in [2.75, 3.05) is 25.5 Å². The summed E-state index contributed by atoms with van der Waals surface area (Å²) in [4.78, 5) is 17.9. The Balaban J connectivity index is 1.49. The molecule has 29 heavy (non-hydrogen) atoms. The van der Waals surface area contributed by atoms with Gasteiger partial charge in [0.05, 0.1) is 12.1 Å². The number of ether oxygens (including phenoxy) is 1. The van der Waals surface area contributed by atoms with E-state index in [0.29, 0.717) is 22.4 Å². The molecule has 1 amide bonds. The number of amides is 1. The number of benzene rings is 1. The molecule has 1 saturated heterocycles. The highest BCUT2D eigenvalue weighted by molar-refractivity contribution is 6.33. The van der Waals surface area contributed by atoms with E-state index in [2.05, 4.69) is 27.3 Å². The second-order valence-corrected chi connectivity index (χ2v) is 7.36. The molecule has 3 N–H and O–H groups in total. The van der Waals surface area contributed by atoms with Crippen molar-refractivity contribution in [1.29, 1.82) is 0 Å². The molecule has 0 saturated carbocycles. The average Bonchev–Trinajstić information content (AvgIpc) is 2.75. The van der Waals surface area contributed by atoms with Crippen molar-refractivity contribution in [2.24, 2.45) is 0 Å². The summed E-state index contributed by atoms with van der Waals surface area (Å²) in [6.07, 6.45) is 6.39. The van der Waals surface area contributed by atoms with Gasteiger partial charge < -0.3 is 10.1 Å². The molecule has 0 bridgehead atoms. The molecule has 154 valence electrons. The number of methoxy groups -OCH3 is 1. The van der Waals surface area contributed by atoms with E-state index in [0.717, 1.165) is 38.2 Å². The maximum absolute atomic E-state index is 11.0. The first-order chi connectivity index (χ1) is 14.1. The number of anilines is 1. The van der Waals surface area contributed by atoms with Gasteiger partial charge in [0.25, 0.3) is 5.91 Å². The number of hydroxylamine groups is 1. The molecule has 1 aromatic carbocycles. The van der Waals surface area contributed by atoms with Crippen LogP contribution in [0.25, 0.3) is 6.08 Å². The summed E-state index contributed by atoms with van der Waals surface area (Å²) in [5, 5.41) is 12.4. The number of rotatable bonds is 7. The number of nitrogens with one attached hydrogen (secondary N) is 2. The fourth-order valence-corrected chi connectivity index (χ4v) is 3.51. The van der Waals surface area contributed by atoms with E-state index in [-0.39, 0.29) is 0 Å². The van der Waals surface area contributed by atoms with E-state index in [1.165, 1.54) is 23.2 Å². The molecule has 0 atom stereocenters. The summed E-state index contributed by atoms with van der Waals surface area (Å²) < 4.78 is 5.21. The number of pyridine rings is 1. The normalized spacial score (nSPS) is 15.4. The van der Waals surface area contributed by atoms with Crippen LogP contribution in [0.3, 0.4) is 0 Å². The van der Waals surface area contributed by atoms with E-state index in [1.807, 2.05) is 12.1 Å². The zero-order valence-electron chi connectivity index (χ0n) is 16.3. The Morgan fingerprint density at radius 1 is 1.34 bits per heavy atom. The second-order valence-electron chi connectivity index (χ2n) is 6.95. The van der Waals surface area contributed by atoms with Crippen LogP contribution in [0.2, 0.25) is 5.02 Å². The highest BCUT2D eigenvalue weighted by atomic mass is 35.5. The second kappa shape index (κ2) is 10.2. The summed E-state index contributed by atoms with van der Waals surface area (Å²) in [6, 6.07) is 10.2. The van der Waals surface area contributed by atoms with Crippen LogP contribution in [0, 0.1) is 0 Å². The number of likely N-dealkylation sites (tertiary alicyclic amines) is 1. The van der Waals surface area contributed by atoms with Gasteiger partial charge in [-0.3, -0.25) is 14.9 Å². The third-order valence-electron chi connectivity index (χ3n) is 4.89. The van der Waals surface area contributed by atoms with Gasteiger partial charge in [-0.15, -0.1) is 0 Å². The van der Waals surface area contributed by atoms with E-state index in [4.69, 9.17) is 21.5 Å². The highest BCUT2D eigenvalue weighted by Crippen LogP contribution is 2.24. The van der Waals surface area contributed by atoms with Crippen molar-refractivity contribution >= 4 is 29.4 Å². The molecule has 1 fully saturated rings. The Morgan fingerprint density at radius 3 is 2.69 bits per heavy atom. The van der Waals surface area contributed by atoms with E-state index in [1.54, 1.807) is 19.4 Å². The molecule has 7 nitrogen and oxygen atoms in total. The highest BCUT2D eigenvalue weighted by Gasteiger charge is 2.20. The third kappa shape index (κ3) is 6.19. The van der Waals surface area contributed by atoms with Gasteiger partial charge in [0.15, 0.2) is 0 Å². The van der Waals surface area contributed by atoms with Crippen LogP contribution in [0.4, 0.5) is 5.82 Å². The number of carbonyl (C=O) groups is 1. The molecule has 2 heterocycles. The molecule has 0 spiro atoms. The molecule has 8 heteroatoms. The van der Waals surface area contributed by atoms with E-state index >= 15 is 0 Å². The lowest BCUT2D eigenvalue weighted by Gasteiger charge is -2.32. The maximum Gasteiger partial charge on any atom is 0.267 e. The monoisotopic (exact) mass is 416 g/mol.